The smallest absolute Gasteiger partial charge is 0.404 e. The number of nitriles is 1. The molecule has 3 aromatic rings. The summed E-state index contributed by atoms with van der Waals surface area (Å²) < 4.78 is 24.3. The van der Waals surface area contributed by atoms with Crippen LogP contribution in [0.25, 0.3) is 10.9 Å². The lowest BCUT2D eigenvalue weighted by Crippen LogP contribution is -2.28. The van der Waals surface area contributed by atoms with E-state index in [4.69, 9.17) is 9.47 Å². The van der Waals surface area contributed by atoms with Crippen molar-refractivity contribution in [1.29, 1.82) is 5.26 Å². The molecule has 1 atom stereocenters. The first-order valence-corrected chi connectivity index (χ1v) is 10.6. The molecule has 1 aliphatic carbocycles. The Morgan fingerprint density at radius 3 is 2.53 bits per heavy atom. The number of hydrogen-bond donors (Lipinski definition) is 2. The van der Waals surface area contributed by atoms with E-state index in [1.54, 1.807) is 24.3 Å². The average molecular weight is 433 g/mol. The van der Waals surface area contributed by atoms with Crippen molar-refractivity contribution >= 4 is 22.5 Å². The molecule has 1 amide bonds. The van der Waals surface area contributed by atoms with Crippen LogP contribution in [0, 0.1) is 11.3 Å². The molecular weight excluding hydrogens is 409 g/mol. The van der Waals surface area contributed by atoms with Gasteiger partial charge in [0.25, 0.3) is 0 Å². The van der Waals surface area contributed by atoms with E-state index in [1.807, 2.05) is 12.1 Å². The first-order chi connectivity index (χ1) is 15.0. The normalized spacial score (nSPS) is 20.8. The van der Waals surface area contributed by atoms with Crippen LogP contribution in [-0.2, 0) is 15.6 Å². The summed E-state index contributed by atoms with van der Waals surface area (Å²) in [5, 5.41) is 13.6. The molecule has 0 saturated heterocycles. The van der Waals surface area contributed by atoms with Crippen LogP contribution in [0.15, 0.2) is 36.4 Å². The predicted molar refractivity (Wildman–Crippen MR) is 118 cm³/mol. The number of nitrogens with zero attached hydrogens (tertiary/aromatic N) is 1. The number of amides is 1. The van der Waals surface area contributed by atoms with E-state index in [-0.39, 0.29) is 17.1 Å². The van der Waals surface area contributed by atoms with E-state index in [9.17, 15) is 14.4 Å². The minimum Gasteiger partial charge on any atom is -0.423 e. The van der Waals surface area contributed by atoms with Crippen LogP contribution < -0.4 is 14.8 Å². The zero-order chi connectivity index (χ0) is 22.9. The number of carbonyl (C=O) groups excluding carboxylic acids is 1. The fourth-order valence-electron chi connectivity index (χ4n) is 4.23. The van der Waals surface area contributed by atoms with Gasteiger partial charge in [0.1, 0.15) is 6.07 Å². The molecule has 2 heterocycles. The second kappa shape index (κ2) is 6.49. The number of fused-ring (bicyclic) bond motifs is 2. The van der Waals surface area contributed by atoms with Crippen molar-refractivity contribution in [2.24, 2.45) is 0 Å². The van der Waals surface area contributed by atoms with Gasteiger partial charge < -0.3 is 19.8 Å². The number of nitrogens with one attached hydrogen (secondary N) is 2. The van der Waals surface area contributed by atoms with Crippen molar-refractivity contribution in [2.75, 3.05) is 5.32 Å². The Hall–Kier alpha value is -3.53. The van der Waals surface area contributed by atoms with Crippen molar-refractivity contribution in [3.8, 4) is 17.6 Å². The maximum absolute atomic E-state index is 14.0. The lowest BCUT2D eigenvalue weighted by Gasteiger charge is -2.17. The molecule has 32 heavy (non-hydrogen) atoms. The van der Waals surface area contributed by atoms with Gasteiger partial charge in [-0.15, -0.1) is 0 Å². The Bertz CT molecular complexity index is 1310. The first kappa shape index (κ1) is 20.4. The highest BCUT2D eigenvalue weighted by Crippen LogP contribution is 2.52. The molecule has 164 valence electrons. The molecule has 0 spiro atoms. The third-order valence-corrected chi connectivity index (χ3v) is 6.24. The van der Waals surface area contributed by atoms with Crippen molar-refractivity contribution in [1.82, 2.24) is 4.98 Å². The van der Waals surface area contributed by atoms with Gasteiger partial charge in [0.2, 0.25) is 5.91 Å². The van der Waals surface area contributed by atoms with E-state index < -0.39 is 11.5 Å². The minimum atomic E-state index is -2.21. The minimum absolute atomic E-state index is 0.0950. The van der Waals surface area contributed by atoms with E-state index in [1.165, 1.54) is 6.92 Å². The Kier molecular flexibility index (Phi) is 4.13. The molecule has 1 aromatic heterocycles. The van der Waals surface area contributed by atoms with Crippen LogP contribution in [-0.4, -0.2) is 16.9 Å². The molecule has 0 radical (unpaired) electrons. The molecule has 1 aliphatic heterocycles. The zero-order valence-electron chi connectivity index (χ0n) is 18.4. The molecule has 1 fully saturated rings. The van der Waals surface area contributed by atoms with Crippen molar-refractivity contribution < 1.29 is 18.7 Å². The molecule has 5 rings (SSSR count). The molecule has 1 saturated carbocycles. The molecular formula is C25H24FN3O3. The molecule has 2 aliphatic rings. The maximum Gasteiger partial charge on any atom is 0.404 e. The van der Waals surface area contributed by atoms with Crippen LogP contribution in [0.4, 0.5) is 10.1 Å². The highest BCUT2D eigenvalue weighted by molar-refractivity contribution is 6.04. The Labute approximate surface area is 185 Å². The van der Waals surface area contributed by atoms with Gasteiger partial charge in [-0.05, 0) is 48.7 Å². The second-order valence-electron chi connectivity index (χ2n) is 9.73. The Balaban J connectivity index is 1.46. The third-order valence-electron chi connectivity index (χ3n) is 6.24. The topological polar surface area (TPSA) is 87.1 Å². The number of carbonyl (C=O) groups is 1. The van der Waals surface area contributed by atoms with Gasteiger partial charge in [-0.25, -0.2) is 0 Å². The number of rotatable bonds is 3. The number of alkyl halides is 1. The number of benzene rings is 2. The lowest BCUT2D eigenvalue weighted by atomic mass is 9.92. The van der Waals surface area contributed by atoms with E-state index in [2.05, 4.69) is 37.1 Å². The molecule has 2 N–H and O–H groups in total. The van der Waals surface area contributed by atoms with Gasteiger partial charge in [-0.3, -0.25) is 4.79 Å². The largest absolute Gasteiger partial charge is 0.423 e. The SMILES string of the molecule is CC1(F)Oc2ccc(C3(C(=O)Nc4ccc5[nH]c(C(C)(C)C)cc5c4C#N)CC3)cc2O1. The number of aromatic amines is 1. The van der Waals surface area contributed by atoms with Crippen LogP contribution in [0.5, 0.6) is 11.5 Å². The van der Waals surface area contributed by atoms with Gasteiger partial charge in [0.05, 0.1) is 16.7 Å². The summed E-state index contributed by atoms with van der Waals surface area (Å²) >= 11 is 0. The van der Waals surface area contributed by atoms with Gasteiger partial charge in [-0.2, -0.15) is 9.65 Å². The summed E-state index contributed by atoms with van der Waals surface area (Å²) in [5.74, 6) is 0.406. The average Bonchev–Trinajstić information content (AvgIpc) is 3.29. The standard InChI is InChI=1S/C25H24FN3O3/c1-23(2,3)21-12-15-16(13-27)18(7-6-17(15)28-21)29-22(30)25(9-10-25)14-5-8-19-20(11-14)32-24(4,26)31-19/h5-8,11-12,28H,9-10H2,1-4H3,(H,29,30). The number of ether oxygens (including phenoxy) is 2. The number of H-pyrrole nitrogens is 1. The van der Waals surface area contributed by atoms with Gasteiger partial charge in [0, 0.05) is 28.9 Å². The van der Waals surface area contributed by atoms with E-state index in [0.717, 1.165) is 22.2 Å². The van der Waals surface area contributed by atoms with Gasteiger partial charge in [-0.1, -0.05) is 26.8 Å². The molecule has 6 nitrogen and oxygen atoms in total. The molecule has 0 bridgehead atoms. The number of anilines is 1. The number of halogens is 1. The summed E-state index contributed by atoms with van der Waals surface area (Å²) in [7, 11) is 0. The summed E-state index contributed by atoms with van der Waals surface area (Å²) in [6.07, 6.45) is 1.32. The van der Waals surface area contributed by atoms with Crippen molar-refractivity contribution in [3.63, 3.8) is 0 Å². The number of hydrogen-bond acceptors (Lipinski definition) is 4. The van der Waals surface area contributed by atoms with E-state index >= 15 is 0 Å². The summed E-state index contributed by atoms with van der Waals surface area (Å²) in [5.41, 5.74) is 2.70. The summed E-state index contributed by atoms with van der Waals surface area (Å²) in [6.45, 7) is 7.48. The van der Waals surface area contributed by atoms with Crippen LogP contribution in [0.2, 0.25) is 0 Å². The Morgan fingerprint density at radius 1 is 1.16 bits per heavy atom. The van der Waals surface area contributed by atoms with Crippen molar-refractivity contribution in [3.05, 3.63) is 53.2 Å². The monoisotopic (exact) mass is 433 g/mol. The maximum atomic E-state index is 14.0. The lowest BCUT2D eigenvalue weighted by molar-refractivity contribution is -0.173. The van der Waals surface area contributed by atoms with Gasteiger partial charge in [0.15, 0.2) is 11.5 Å². The van der Waals surface area contributed by atoms with Gasteiger partial charge >= 0.3 is 6.04 Å². The highest BCUT2D eigenvalue weighted by atomic mass is 19.2. The highest BCUT2D eigenvalue weighted by Gasteiger charge is 2.52. The second-order valence-corrected chi connectivity index (χ2v) is 9.73. The fraction of sp³-hybridized carbons (Fsp3) is 0.360. The fourth-order valence-corrected chi connectivity index (χ4v) is 4.23. The Morgan fingerprint density at radius 2 is 1.88 bits per heavy atom. The molecule has 7 heteroatoms. The first-order valence-electron chi connectivity index (χ1n) is 10.6. The zero-order valence-corrected chi connectivity index (χ0v) is 18.4. The van der Waals surface area contributed by atoms with Crippen LogP contribution >= 0.6 is 0 Å². The molecule has 1 unspecified atom stereocenters. The quantitative estimate of drug-likeness (QED) is 0.577. The summed E-state index contributed by atoms with van der Waals surface area (Å²) in [4.78, 5) is 16.7. The van der Waals surface area contributed by atoms with Crippen LogP contribution in [0.1, 0.15) is 57.4 Å². The van der Waals surface area contributed by atoms with E-state index in [0.29, 0.717) is 29.8 Å². The summed E-state index contributed by atoms with van der Waals surface area (Å²) in [6, 6.07) is 10.7. The number of aromatic nitrogens is 1. The predicted octanol–water partition coefficient (Wildman–Crippen LogP) is 5.42. The molecule has 2 aromatic carbocycles. The van der Waals surface area contributed by atoms with Crippen molar-refractivity contribution in [2.45, 2.75) is 57.4 Å². The van der Waals surface area contributed by atoms with Crippen LogP contribution in [0.3, 0.4) is 0 Å². The third kappa shape index (κ3) is 3.18.